The lowest BCUT2D eigenvalue weighted by molar-refractivity contribution is 0.313. The molecule has 0 aliphatic rings. The molecule has 0 spiro atoms. The summed E-state index contributed by atoms with van der Waals surface area (Å²) in [4.78, 5) is 2.32. The summed E-state index contributed by atoms with van der Waals surface area (Å²) in [7, 11) is 2.15. The van der Waals surface area contributed by atoms with Crippen molar-refractivity contribution in [2.24, 2.45) is 0 Å². The number of hydrogen-bond acceptors (Lipinski definition) is 4. The van der Waals surface area contributed by atoms with E-state index in [0.717, 1.165) is 25.4 Å². The zero-order chi connectivity index (χ0) is 12.8. The molecule has 0 fully saturated rings. The fourth-order valence-corrected chi connectivity index (χ4v) is 2.54. The first-order valence-electron chi connectivity index (χ1n) is 6.22. The topological polar surface area (TPSA) is 28.4 Å². The van der Waals surface area contributed by atoms with Crippen LogP contribution in [0.5, 0.6) is 0 Å². The second kappa shape index (κ2) is 6.73. The third-order valence-corrected chi connectivity index (χ3v) is 3.68. The van der Waals surface area contributed by atoms with E-state index in [4.69, 9.17) is 4.42 Å². The van der Waals surface area contributed by atoms with Crippen LogP contribution in [0.2, 0.25) is 0 Å². The summed E-state index contributed by atoms with van der Waals surface area (Å²) in [6.45, 7) is 5.13. The maximum Gasteiger partial charge on any atom is 0.120 e. The van der Waals surface area contributed by atoms with Crippen LogP contribution in [0.4, 0.5) is 0 Å². The molecule has 0 saturated heterocycles. The molecule has 4 heteroatoms. The van der Waals surface area contributed by atoms with Crippen molar-refractivity contribution in [2.45, 2.75) is 19.5 Å². The number of nitrogens with one attached hydrogen (secondary N) is 1. The van der Waals surface area contributed by atoms with Crippen molar-refractivity contribution in [3.63, 3.8) is 0 Å². The Hall–Kier alpha value is -1.10. The van der Waals surface area contributed by atoms with Crippen LogP contribution in [-0.4, -0.2) is 25.0 Å². The van der Waals surface area contributed by atoms with Crippen LogP contribution in [0.1, 0.15) is 24.3 Å². The first-order valence-corrected chi connectivity index (χ1v) is 7.16. The van der Waals surface area contributed by atoms with Crippen LogP contribution in [0, 0.1) is 0 Å². The lowest BCUT2D eigenvalue weighted by Crippen LogP contribution is -2.30. The molecule has 0 aromatic carbocycles. The number of thiophene rings is 1. The lowest BCUT2D eigenvalue weighted by atomic mass is 10.2. The Kier molecular flexibility index (Phi) is 4.99. The molecule has 0 aliphatic carbocycles. The molecule has 0 saturated carbocycles. The van der Waals surface area contributed by atoms with Crippen LogP contribution in [-0.2, 0) is 6.54 Å². The molecule has 2 aromatic rings. The predicted octanol–water partition coefficient (Wildman–Crippen LogP) is 3.12. The van der Waals surface area contributed by atoms with E-state index in [2.05, 4.69) is 41.0 Å². The number of nitrogens with zero attached hydrogens (tertiary/aromatic N) is 1. The fraction of sp³-hybridized carbons (Fsp3) is 0.429. The normalized spacial score (nSPS) is 13.1. The van der Waals surface area contributed by atoms with E-state index in [-0.39, 0.29) is 6.04 Å². The van der Waals surface area contributed by atoms with E-state index < -0.39 is 0 Å². The van der Waals surface area contributed by atoms with Gasteiger partial charge in [-0.2, -0.15) is 11.3 Å². The van der Waals surface area contributed by atoms with E-state index in [9.17, 15) is 0 Å². The summed E-state index contributed by atoms with van der Waals surface area (Å²) in [6.07, 6.45) is 1.72. The van der Waals surface area contributed by atoms with E-state index >= 15 is 0 Å². The van der Waals surface area contributed by atoms with Gasteiger partial charge in [-0.3, -0.25) is 0 Å². The van der Waals surface area contributed by atoms with Gasteiger partial charge < -0.3 is 14.6 Å². The smallest absolute Gasteiger partial charge is 0.120 e. The molecule has 98 valence electrons. The summed E-state index contributed by atoms with van der Waals surface area (Å²) in [5.41, 5.74) is 1.39. The first kappa shape index (κ1) is 13.3. The third kappa shape index (κ3) is 3.98. The van der Waals surface area contributed by atoms with Crippen molar-refractivity contribution in [2.75, 3.05) is 20.1 Å². The van der Waals surface area contributed by atoms with Gasteiger partial charge in [0.05, 0.1) is 12.3 Å². The summed E-state index contributed by atoms with van der Waals surface area (Å²) in [5, 5.41) is 7.79. The Bertz CT molecular complexity index is 425. The molecule has 1 unspecified atom stereocenters. The van der Waals surface area contributed by atoms with Crippen molar-refractivity contribution in [1.29, 1.82) is 0 Å². The summed E-state index contributed by atoms with van der Waals surface area (Å²) >= 11 is 1.75. The van der Waals surface area contributed by atoms with Crippen molar-refractivity contribution in [1.82, 2.24) is 10.2 Å². The maximum atomic E-state index is 5.36. The molecular formula is C14H20N2OS. The average Bonchev–Trinajstić information content (AvgIpc) is 3.00. The highest BCUT2D eigenvalue weighted by Gasteiger charge is 2.07. The van der Waals surface area contributed by atoms with Gasteiger partial charge in [0.2, 0.25) is 0 Å². The summed E-state index contributed by atoms with van der Waals surface area (Å²) < 4.78 is 5.36. The van der Waals surface area contributed by atoms with Crippen LogP contribution < -0.4 is 5.32 Å². The Labute approximate surface area is 112 Å². The van der Waals surface area contributed by atoms with Gasteiger partial charge in [0.15, 0.2) is 0 Å². The van der Waals surface area contributed by atoms with Gasteiger partial charge in [-0.1, -0.05) is 0 Å². The quantitative estimate of drug-likeness (QED) is 0.833. The molecular weight excluding hydrogens is 244 g/mol. The van der Waals surface area contributed by atoms with Crippen molar-refractivity contribution >= 4 is 11.3 Å². The average molecular weight is 264 g/mol. The molecule has 0 radical (unpaired) electrons. The molecule has 2 rings (SSSR count). The minimum atomic E-state index is 0.273. The number of likely N-dealkylation sites (N-methyl/N-ethyl adjacent to an activating group) is 1. The van der Waals surface area contributed by atoms with Crippen LogP contribution in [0.3, 0.4) is 0 Å². The highest BCUT2D eigenvalue weighted by molar-refractivity contribution is 7.07. The van der Waals surface area contributed by atoms with E-state index in [1.54, 1.807) is 17.6 Å². The van der Waals surface area contributed by atoms with E-state index in [1.165, 1.54) is 5.56 Å². The Balaban J connectivity index is 1.66. The van der Waals surface area contributed by atoms with Gasteiger partial charge in [-0.05, 0) is 48.5 Å². The second-order valence-electron chi connectivity index (χ2n) is 4.56. The molecule has 18 heavy (non-hydrogen) atoms. The zero-order valence-corrected chi connectivity index (χ0v) is 11.7. The lowest BCUT2D eigenvalue weighted by Gasteiger charge is -2.18. The van der Waals surface area contributed by atoms with Gasteiger partial charge in [-0.15, -0.1) is 0 Å². The van der Waals surface area contributed by atoms with Crippen LogP contribution in [0.25, 0.3) is 0 Å². The van der Waals surface area contributed by atoms with Crippen molar-refractivity contribution < 1.29 is 4.42 Å². The standard InChI is InChI=1S/C14H20N2OS/c1-12(14-4-3-8-17-14)15-6-7-16(2)10-13-5-9-18-11-13/h3-5,8-9,11-12,15H,6-7,10H2,1-2H3. The minimum absolute atomic E-state index is 0.273. The maximum absolute atomic E-state index is 5.36. The first-order chi connectivity index (χ1) is 8.75. The summed E-state index contributed by atoms with van der Waals surface area (Å²) in [5.74, 6) is 0.996. The van der Waals surface area contributed by atoms with Gasteiger partial charge in [0, 0.05) is 19.6 Å². The fourth-order valence-electron chi connectivity index (χ4n) is 1.88. The van der Waals surface area contributed by atoms with E-state index in [0.29, 0.717) is 0 Å². The molecule has 0 amide bonds. The number of furan rings is 1. The summed E-state index contributed by atoms with van der Waals surface area (Å²) in [6, 6.07) is 6.39. The van der Waals surface area contributed by atoms with Crippen LogP contribution >= 0.6 is 11.3 Å². The molecule has 2 heterocycles. The van der Waals surface area contributed by atoms with Gasteiger partial charge in [-0.25, -0.2) is 0 Å². The van der Waals surface area contributed by atoms with Gasteiger partial charge >= 0.3 is 0 Å². The Morgan fingerprint density at radius 1 is 1.44 bits per heavy atom. The zero-order valence-electron chi connectivity index (χ0n) is 10.9. The molecule has 2 aromatic heterocycles. The van der Waals surface area contributed by atoms with E-state index in [1.807, 2.05) is 12.1 Å². The van der Waals surface area contributed by atoms with Crippen molar-refractivity contribution in [3.8, 4) is 0 Å². The SMILES string of the molecule is CC(NCCN(C)Cc1ccsc1)c1ccco1. The predicted molar refractivity (Wildman–Crippen MR) is 75.8 cm³/mol. The van der Waals surface area contributed by atoms with Gasteiger partial charge in [0.1, 0.15) is 5.76 Å². The number of rotatable bonds is 7. The highest BCUT2D eigenvalue weighted by Crippen LogP contribution is 2.12. The largest absolute Gasteiger partial charge is 0.468 e. The number of hydrogen-bond donors (Lipinski definition) is 1. The third-order valence-electron chi connectivity index (χ3n) is 2.95. The molecule has 1 atom stereocenters. The molecule has 0 bridgehead atoms. The monoisotopic (exact) mass is 264 g/mol. The van der Waals surface area contributed by atoms with Crippen molar-refractivity contribution in [3.05, 3.63) is 46.5 Å². The van der Waals surface area contributed by atoms with Crippen LogP contribution in [0.15, 0.2) is 39.6 Å². The Morgan fingerprint density at radius 2 is 2.33 bits per heavy atom. The molecule has 1 N–H and O–H groups in total. The Morgan fingerprint density at radius 3 is 3.00 bits per heavy atom. The van der Waals surface area contributed by atoms with Gasteiger partial charge in [0.25, 0.3) is 0 Å². The highest BCUT2D eigenvalue weighted by atomic mass is 32.1. The molecule has 0 aliphatic heterocycles. The molecule has 3 nitrogen and oxygen atoms in total. The second-order valence-corrected chi connectivity index (χ2v) is 5.34. The minimum Gasteiger partial charge on any atom is -0.468 e.